The van der Waals surface area contributed by atoms with Crippen LogP contribution in [0.15, 0.2) is 91.0 Å². The summed E-state index contributed by atoms with van der Waals surface area (Å²) in [7, 11) is -2.53. The van der Waals surface area contributed by atoms with Gasteiger partial charge in [0.2, 0.25) is 0 Å². The maximum absolute atomic E-state index is 11.6. The Morgan fingerprint density at radius 2 is 1.31 bits per heavy atom. The number of carbonyl (C=O) groups is 1. The number of hydrogen-bond donors (Lipinski definition) is 0. The zero-order valence-corrected chi connectivity index (χ0v) is 20.4. The minimum atomic E-state index is -2.53. The fourth-order valence-corrected chi connectivity index (χ4v) is 8.85. The lowest BCUT2D eigenvalue weighted by Gasteiger charge is -2.43. The third-order valence-electron chi connectivity index (χ3n) is 5.83. The topological polar surface area (TPSA) is 35.5 Å². The summed E-state index contributed by atoms with van der Waals surface area (Å²) >= 11 is 0. The molecule has 0 aliphatic heterocycles. The van der Waals surface area contributed by atoms with Crippen molar-refractivity contribution in [2.75, 3.05) is 6.61 Å². The van der Waals surface area contributed by atoms with Gasteiger partial charge in [-0.1, -0.05) is 112 Å². The van der Waals surface area contributed by atoms with Crippen molar-refractivity contribution in [1.82, 2.24) is 0 Å². The van der Waals surface area contributed by atoms with Crippen LogP contribution in [-0.4, -0.2) is 27.3 Å². The zero-order valence-electron chi connectivity index (χ0n) is 19.4. The third kappa shape index (κ3) is 5.83. The van der Waals surface area contributed by atoms with E-state index in [1.165, 1.54) is 10.4 Å². The van der Waals surface area contributed by atoms with Gasteiger partial charge in [-0.25, -0.2) is 0 Å². The quantitative estimate of drug-likeness (QED) is 0.233. The first kappa shape index (κ1) is 24.1. The van der Waals surface area contributed by atoms with Crippen LogP contribution in [0, 0.1) is 0 Å². The lowest BCUT2D eigenvalue weighted by atomic mass is 10.2. The fraction of sp³-hybridized carbons (Fsp3) is 0.321. The molecule has 0 spiro atoms. The number of benzene rings is 3. The van der Waals surface area contributed by atoms with E-state index in [0.717, 1.165) is 18.3 Å². The number of ether oxygens (including phenoxy) is 1. The largest absolute Gasteiger partial charge is 0.407 e. The molecule has 0 aromatic heterocycles. The molecule has 3 rings (SSSR count). The molecule has 0 heterocycles. The summed E-state index contributed by atoms with van der Waals surface area (Å²) in [5.41, 5.74) is 1.07. The highest BCUT2D eigenvalue weighted by atomic mass is 28.4. The lowest BCUT2D eigenvalue weighted by molar-refractivity contribution is -0.119. The average Bonchev–Trinajstić information content (AvgIpc) is 2.82. The molecule has 0 N–H and O–H groups in total. The van der Waals surface area contributed by atoms with E-state index in [-0.39, 0.29) is 5.04 Å². The van der Waals surface area contributed by atoms with Gasteiger partial charge in [-0.3, -0.25) is 0 Å². The number of carbonyl (C=O) groups excluding carboxylic acids is 1. The molecular weight excluding hydrogens is 412 g/mol. The molecule has 0 aliphatic rings. The van der Waals surface area contributed by atoms with E-state index in [1.807, 2.05) is 30.3 Å². The molecule has 4 heteroatoms. The van der Waals surface area contributed by atoms with Crippen molar-refractivity contribution >= 4 is 25.0 Å². The summed E-state index contributed by atoms with van der Waals surface area (Å²) in [6.07, 6.45) is 1.90. The Hall–Kier alpha value is -2.53. The van der Waals surface area contributed by atoms with Gasteiger partial charge in [0.1, 0.15) is 12.4 Å². The summed E-state index contributed by atoms with van der Waals surface area (Å²) in [6.45, 7) is 7.86. The predicted octanol–water partition coefficient (Wildman–Crippen LogP) is 5.13. The Morgan fingerprint density at radius 1 is 0.812 bits per heavy atom. The van der Waals surface area contributed by atoms with Gasteiger partial charge in [0.25, 0.3) is 8.32 Å². The number of aldehydes is 1. The molecule has 3 nitrogen and oxygen atoms in total. The summed E-state index contributed by atoms with van der Waals surface area (Å²) < 4.78 is 12.7. The van der Waals surface area contributed by atoms with Gasteiger partial charge >= 0.3 is 0 Å². The van der Waals surface area contributed by atoms with Crippen molar-refractivity contribution in [3.05, 3.63) is 96.6 Å². The molecule has 1 atom stereocenters. The van der Waals surface area contributed by atoms with Gasteiger partial charge in [0.15, 0.2) is 0 Å². The van der Waals surface area contributed by atoms with Crippen molar-refractivity contribution in [2.45, 2.75) is 51.4 Å². The van der Waals surface area contributed by atoms with Crippen LogP contribution < -0.4 is 10.4 Å². The second kappa shape index (κ2) is 11.4. The molecule has 0 radical (unpaired) electrons. The van der Waals surface area contributed by atoms with Gasteiger partial charge in [-0.05, 0) is 33.8 Å². The standard InChI is InChI=1S/C28H34O3Si/c1-28(2,3)32(26-17-9-5-10-18-26,27-19-11-6-12-20-27)31-21-13-16-25(22-29)30-23-24-14-7-4-8-15-24/h4-12,14-15,17-20,22,25H,13,16,21,23H2,1-3H3/t25-/m1/s1. The normalized spacial score (nSPS) is 13.0. The molecule has 0 unspecified atom stereocenters. The highest BCUT2D eigenvalue weighted by molar-refractivity contribution is 6.99. The van der Waals surface area contributed by atoms with Crippen molar-refractivity contribution in [2.24, 2.45) is 0 Å². The average molecular weight is 447 g/mol. The van der Waals surface area contributed by atoms with Crippen molar-refractivity contribution in [3.8, 4) is 0 Å². The third-order valence-corrected chi connectivity index (χ3v) is 10.9. The van der Waals surface area contributed by atoms with E-state index in [1.54, 1.807) is 0 Å². The van der Waals surface area contributed by atoms with E-state index in [2.05, 4.69) is 81.4 Å². The lowest BCUT2D eigenvalue weighted by Crippen LogP contribution is -2.66. The van der Waals surface area contributed by atoms with Crippen LogP contribution in [0.5, 0.6) is 0 Å². The number of hydrogen-bond acceptors (Lipinski definition) is 3. The molecule has 3 aromatic carbocycles. The number of rotatable bonds is 11. The summed E-state index contributed by atoms with van der Waals surface area (Å²) in [5.74, 6) is 0. The highest BCUT2D eigenvalue weighted by Gasteiger charge is 2.49. The molecule has 168 valence electrons. The van der Waals surface area contributed by atoms with Gasteiger partial charge in [0, 0.05) is 6.61 Å². The van der Waals surface area contributed by atoms with E-state index < -0.39 is 14.4 Å². The summed E-state index contributed by atoms with van der Waals surface area (Å²) in [4.78, 5) is 11.6. The molecule has 0 fully saturated rings. The van der Waals surface area contributed by atoms with Crippen LogP contribution >= 0.6 is 0 Å². The molecule has 3 aromatic rings. The van der Waals surface area contributed by atoms with E-state index >= 15 is 0 Å². The minimum Gasteiger partial charge on any atom is -0.407 e. The molecule has 32 heavy (non-hydrogen) atoms. The van der Waals surface area contributed by atoms with Gasteiger partial charge in [-0.15, -0.1) is 0 Å². The van der Waals surface area contributed by atoms with E-state index in [4.69, 9.17) is 9.16 Å². The molecular formula is C28H34O3Si. The Balaban J connectivity index is 1.71. The Morgan fingerprint density at radius 3 is 1.78 bits per heavy atom. The Kier molecular flexibility index (Phi) is 8.57. The Bertz CT molecular complexity index is 897. The maximum Gasteiger partial charge on any atom is 0.261 e. The minimum absolute atomic E-state index is 0.0520. The SMILES string of the molecule is CC(C)(C)[Si](OCCC[C@H](C=O)OCc1ccccc1)(c1ccccc1)c1ccccc1. The maximum atomic E-state index is 11.6. The monoisotopic (exact) mass is 446 g/mol. The van der Waals surface area contributed by atoms with Crippen LogP contribution in [0.25, 0.3) is 0 Å². The second-order valence-corrected chi connectivity index (χ2v) is 13.4. The highest BCUT2D eigenvalue weighted by Crippen LogP contribution is 2.36. The first-order valence-electron chi connectivity index (χ1n) is 11.3. The van der Waals surface area contributed by atoms with Crippen LogP contribution in [0.3, 0.4) is 0 Å². The van der Waals surface area contributed by atoms with Gasteiger partial charge in [-0.2, -0.15) is 0 Å². The summed E-state index contributed by atoms with van der Waals surface area (Å²) in [6, 6.07) is 31.2. The molecule has 0 saturated heterocycles. The smallest absolute Gasteiger partial charge is 0.261 e. The van der Waals surface area contributed by atoms with Gasteiger partial charge < -0.3 is 14.0 Å². The molecule has 0 bridgehead atoms. The summed E-state index contributed by atoms with van der Waals surface area (Å²) in [5, 5.41) is 2.49. The van der Waals surface area contributed by atoms with E-state index in [0.29, 0.717) is 19.6 Å². The Labute approximate surface area is 193 Å². The molecule has 0 saturated carbocycles. The molecule has 0 amide bonds. The second-order valence-electron chi connectivity index (χ2n) is 9.13. The first-order valence-corrected chi connectivity index (χ1v) is 13.2. The predicted molar refractivity (Wildman–Crippen MR) is 134 cm³/mol. The van der Waals surface area contributed by atoms with Crippen molar-refractivity contribution < 1.29 is 14.0 Å². The zero-order chi connectivity index (χ0) is 22.9. The fourth-order valence-electron chi connectivity index (χ4n) is 4.24. The van der Waals surface area contributed by atoms with Crippen molar-refractivity contribution in [3.63, 3.8) is 0 Å². The van der Waals surface area contributed by atoms with Crippen LogP contribution in [0.4, 0.5) is 0 Å². The van der Waals surface area contributed by atoms with E-state index in [9.17, 15) is 4.79 Å². The van der Waals surface area contributed by atoms with Crippen LogP contribution in [-0.2, 0) is 20.6 Å². The first-order chi connectivity index (χ1) is 15.5. The van der Waals surface area contributed by atoms with Crippen molar-refractivity contribution in [1.29, 1.82) is 0 Å². The molecule has 0 aliphatic carbocycles. The van der Waals surface area contributed by atoms with Crippen LogP contribution in [0.1, 0.15) is 39.2 Å². The van der Waals surface area contributed by atoms with Gasteiger partial charge in [0.05, 0.1) is 6.61 Å². The van der Waals surface area contributed by atoms with Crippen LogP contribution in [0.2, 0.25) is 5.04 Å².